The molecule has 114 valence electrons. The predicted molar refractivity (Wildman–Crippen MR) is 89.2 cm³/mol. The number of rotatable bonds is 2. The summed E-state index contributed by atoms with van der Waals surface area (Å²) in [5, 5.41) is 2.03. The van der Waals surface area contributed by atoms with Gasteiger partial charge in [0.15, 0.2) is 0 Å². The lowest BCUT2D eigenvalue weighted by Crippen LogP contribution is -2.05. The number of carbonyl (C=O) groups excluding carboxylic acids is 1. The molecule has 0 aromatic heterocycles. The molecule has 0 bridgehead atoms. The average molecular weight is 304 g/mol. The first kappa shape index (κ1) is 14.0. The minimum absolute atomic E-state index is 0.309. The number of ether oxygens (including phenoxy) is 2. The van der Waals surface area contributed by atoms with Gasteiger partial charge in [-0.15, -0.1) is 0 Å². The highest BCUT2D eigenvalue weighted by atomic mass is 16.5. The molecule has 1 aliphatic heterocycles. The summed E-state index contributed by atoms with van der Waals surface area (Å²) in [5.74, 6) is 0.331. The molecule has 0 atom stereocenters. The molecule has 0 amide bonds. The van der Waals surface area contributed by atoms with Crippen LogP contribution in [0.15, 0.2) is 54.6 Å². The van der Waals surface area contributed by atoms with Crippen molar-refractivity contribution in [2.45, 2.75) is 20.1 Å². The van der Waals surface area contributed by atoms with Crippen LogP contribution in [0.3, 0.4) is 0 Å². The Balaban J connectivity index is 2.11. The fourth-order valence-electron chi connectivity index (χ4n) is 3.27. The number of hydrogen-bond donors (Lipinski definition) is 0. The van der Waals surface area contributed by atoms with E-state index in [9.17, 15) is 4.79 Å². The maximum atomic E-state index is 11.5. The maximum Gasteiger partial charge on any atom is 0.308 e. The van der Waals surface area contributed by atoms with Crippen molar-refractivity contribution in [1.82, 2.24) is 0 Å². The zero-order valence-electron chi connectivity index (χ0n) is 12.8. The molecule has 0 spiro atoms. The van der Waals surface area contributed by atoms with Gasteiger partial charge in [-0.05, 0) is 22.1 Å². The number of carbonyl (C=O) groups is 1. The average Bonchev–Trinajstić information content (AvgIpc) is 3.04. The number of benzene rings is 3. The van der Waals surface area contributed by atoms with Gasteiger partial charge in [-0.3, -0.25) is 4.79 Å². The molecule has 1 aliphatic rings. The molecular formula is C20H16O3. The summed E-state index contributed by atoms with van der Waals surface area (Å²) in [7, 11) is 0. The van der Waals surface area contributed by atoms with Gasteiger partial charge in [-0.25, -0.2) is 0 Å². The van der Waals surface area contributed by atoms with E-state index >= 15 is 0 Å². The second-order valence-electron chi connectivity index (χ2n) is 5.66. The third-order valence-electron chi connectivity index (χ3n) is 4.18. The van der Waals surface area contributed by atoms with Crippen molar-refractivity contribution >= 4 is 16.7 Å². The van der Waals surface area contributed by atoms with Crippen molar-refractivity contribution in [1.29, 1.82) is 0 Å². The topological polar surface area (TPSA) is 35.5 Å². The molecule has 0 aliphatic carbocycles. The van der Waals surface area contributed by atoms with Crippen LogP contribution in [0.2, 0.25) is 0 Å². The molecule has 3 heteroatoms. The van der Waals surface area contributed by atoms with E-state index in [0.29, 0.717) is 19.0 Å². The summed E-state index contributed by atoms with van der Waals surface area (Å²) in [6.45, 7) is 2.45. The van der Waals surface area contributed by atoms with Crippen molar-refractivity contribution in [2.75, 3.05) is 0 Å². The van der Waals surface area contributed by atoms with Gasteiger partial charge in [0.05, 0.1) is 13.2 Å². The van der Waals surface area contributed by atoms with Crippen LogP contribution in [0.25, 0.3) is 21.9 Å². The van der Waals surface area contributed by atoms with Crippen LogP contribution in [0.4, 0.5) is 0 Å². The van der Waals surface area contributed by atoms with Gasteiger partial charge in [-0.1, -0.05) is 54.6 Å². The van der Waals surface area contributed by atoms with Gasteiger partial charge in [0, 0.05) is 17.9 Å². The Hall–Kier alpha value is -2.65. The molecule has 3 aromatic rings. The summed E-state index contributed by atoms with van der Waals surface area (Å²) in [5.41, 5.74) is 4.42. The molecule has 4 rings (SSSR count). The van der Waals surface area contributed by atoms with Gasteiger partial charge in [0.25, 0.3) is 0 Å². The quantitative estimate of drug-likeness (QED) is 0.518. The summed E-state index contributed by atoms with van der Waals surface area (Å²) in [4.78, 5) is 11.5. The molecule has 23 heavy (non-hydrogen) atoms. The Kier molecular flexibility index (Phi) is 3.36. The van der Waals surface area contributed by atoms with Gasteiger partial charge in [-0.2, -0.15) is 0 Å². The Morgan fingerprint density at radius 1 is 0.913 bits per heavy atom. The lowest BCUT2D eigenvalue weighted by atomic mass is 9.90. The van der Waals surface area contributed by atoms with Crippen molar-refractivity contribution in [3.05, 3.63) is 65.7 Å². The lowest BCUT2D eigenvalue weighted by molar-refractivity contribution is -0.131. The van der Waals surface area contributed by atoms with Crippen molar-refractivity contribution in [3.8, 4) is 16.9 Å². The van der Waals surface area contributed by atoms with Crippen LogP contribution in [0.5, 0.6) is 5.75 Å². The second kappa shape index (κ2) is 5.52. The predicted octanol–water partition coefficient (Wildman–Crippen LogP) is 4.46. The van der Waals surface area contributed by atoms with E-state index in [-0.39, 0.29) is 5.97 Å². The maximum absolute atomic E-state index is 11.5. The van der Waals surface area contributed by atoms with Crippen molar-refractivity contribution in [2.24, 2.45) is 0 Å². The normalized spacial score (nSPS) is 13.1. The molecule has 3 nitrogen and oxygen atoms in total. The highest BCUT2D eigenvalue weighted by molar-refractivity contribution is 6.03. The summed E-state index contributed by atoms with van der Waals surface area (Å²) in [6, 6.07) is 18.3. The van der Waals surface area contributed by atoms with Crippen LogP contribution in [0.1, 0.15) is 18.1 Å². The molecule has 0 saturated heterocycles. The largest absolute Gasteiger partial charge is 0.426 e. The zero-order chi connectivity index (χ0) is 15.8. The SMILES string of the molecule is CC(=O)Oc1c2c(c(-c3ccccc3)c3ccccc13)COC2. The molecular weight excluding hydrogens is 288 g/mol. The molecule has 0 radical (unpaired) electrons. The molecule has 0 N–H and O–H groups in total. The number of fused-ring (bicyclic) bond motifs is 2. The third-order valence-corrected chi connectivity index (χ3v) is 4.18. The monoisotopic (exact) mass is 304 g/mol. The first-order valence-corrected chi connectivity index (χ1v) is 7.63. The van der Waals surface area contributed by atoms with E-state index < -0.39 is 0 Å². The van der Waals surface area contributed by atoms with Gasteiger partial charge in [0.1, 0.15) is 5.75 Å². The van der Waals surface area contributed by atoms with E-state index in [1.54, 1.807) is 0 Å². The Morgan fingerprint density at radius 3 is 2.30 bits per heavy atom. The summed E-state index contributed by atoms with van der Waals surface area (Å²) < 4.78 is 11.2. The van der Waals surface area contributed by atoms with Crippen molar-refractivity contribution < 1.29 is 14.3 Å². The molecule has 3 aromatic carbocycles. The third kappa shape index (κ3) is 2.30. The fourth-order valence-corrected chi connectivity index (χ4v) is 3.27. The first-order valence-electron chi connectivity index (χ1n) is 7.63. The number of hydrogen-bond acceptors (Lipinski definition) is 3. The van der Waals surface area contributed by atoms with Crippen molar-refractivity contribution in [3.63, 3.8) is 0 Å². The smallest absolute Gasteiger partial charge is 0.308 e. The van der Waals surface area contributed by atoms with E-state index in [1.165, 1.54) is 12.5 Å². The van der Waals surface area contributed by atoms with E-state index in [2.05, 4.69) is 18.2 Å². The summed E-state index contributed by atoms with van der Waals surface area (Å²) in [6.07, 6.45) is 0. The van der Waals surface area contributed by atoms with Crippen LogP contribution in [-0.4, -0.2) is 5.97 Å². The van der Waals surface area contributed by atoms with E-state index in [1.807, 2.05) is 36.4 Å². The standard InChI is InChI=1S/C20H16O3/c1-13(21)23-20-16-10-6-5-9-15(16)19(14-7-3-2-4-8-14)17-11-22-12-18(17)20/h2-10H,11-12H2,1H3. The fraction of sp³-hybridized carbons (Fsp3) is 0.150. The van der Waals surface area contributed by atoms with Crippen LogP contribution >= 0.6 is 0 Å². The lowest BCUT2D eigenvalue weighted by Gasteiger charge is -2.16. The molecule has 1 heterocycles. The van der Waals surface area contributed by atoms with Gasteiger partial charge in [0.2, 0.25) is 0 Å². The Bertz CT molecular complexity index is 898. The van der Waals surface area contributed by atoms with Crippen LogP contribution in [-0.2, 0) is 22.7 Å². The van der Waals surface area contributed by atoms with Gasteiger partial charge >= 0.3 is 5.97 Å². The van der Waals surface area contributed by atoms with Crippen LogP contribution < -0.4 is 4.74 Å². The molecule has 0 fully saturated rings. The molecule has 0 saturated carbocycles. The number of esters is 1. The Morgan fingerprint density at radius 2 is 1.57 bits per heavy atom. The van der Waals surface area contributed by atoms with Crippen LogP contribution in [0, 0.1) is 0 Å². The first-order chi connectivity index (χ1) is 11.3. The van der Waals surface area contributed by atoms with E-state index in [4.69, 9.17) is 9.47 Å². The second-order valence-corrected chi connectivity index (χ2v) is 5.66. The molecule has 0 unspecified atom stereocenters. The minimum atomic E-state index is -0.309. The minimum Gasteiger partial charge on any atom is -0.426 e. The summed E-state index contributed by atoms with van der Waals surface area (Å²) >= 11 is 0. The highest BCUT2D eigenvalue weighted by Crippen LogP contribution is 2.44. The van der Waals surface area contributed by atoms with E-state index in [0.717, 1.165) is 27.5 Å². The van der Waals surface area contributed by atoms with Gasteiger partial charge < -0.3 is 9.47 Å². The highest BCUT2D eigenvalue weighted by Gasteiger charge is 2.25. The zero-order valence-corrected chi connectivity index (χ0v) is 12.8. The Labute approximate surface area is 134 Å².